The molecule has 1 N–H and O–H groups in total. The molecule has 1 atom stereocenters. The summed E-state index contributed by atoms with van der Waals surface area (Å²) in [5.41, 5.74) is 1.05. The summed E-state index contributed by atoms with van der Waals surface area (Å²) in [6, 6.07) is 1.89. The van der Waals surface area contributed by atoms with E-state index in [1.807, 2.05) is 18.9 Å². The molecule has 1 aromatic heterocycles. The molecule has 68 valence electrons. The molecule has 0 aromatic carbocycles. The van der Waals surface area contributed by atoms with Gasteiger partial charge in [-0.05, 0) is 30.9 Å². The van der Waals surface area contributed by atoms with E-state index in [-0.39, 0.29) is 11.9 Å². The molecule has 0 aliphatic carbocycles. The highest BCUT2D eigenvalue weighted by Crippen LogP contribution is 2.03. The maximum atomic E-state index is 10.8. The number of terminal acetylenes is 1. The van der Waals surface area contributed by atoms with Gasteiger partial charge in [0.25, 0.3) is 5.91 Å². The van der Waals surface area contributed by atoms with E-state index >= 15 is 0 Å². The van der Waals surface area contributed by atoms with E-state index in [4.69, 9.17) is 10.8 Å². The first-order valence-electron chi connectivity index (χ1n) is 4.00. The quantitative estimate of drug-likeness (QED) is 0.699. The first-order chi connectivity index (χ1) is 6.22. The van der Waals surface area contributed by atoms with E-state index in [0.29, 0.717) is 0 Å². The highest BCUT2D eigenvalue weighted by atomic mass is 16.3. The van der Waals surface area contributed by atoms with Crippen LogP contribution in [0.3, 0.4) is 0 Å². The van der Waals surface area contributed by atoms with Crippen molar-refractivity contribution in [3.05, 3.63) is 24.2 Å². The predicted octanol–water partition coefficient (Wildman–Crippen LogP) is 0.960. The molecule has 0 spiro atoms. The molecule has 3 nitrogen and oxygen atoms in total. The summed E-state index contributed by atoms with van der Waals surface area (Å²) in [4.78, 5) is 10.8. The van der Waals surface area contributed by atoms with Gasteiger partial charge in [0, 0.05) is 6.04 Å². The van der Waals surface area contributed by atoms with Crippen LogP contribution in [0.4, 0.5) is 0 Å². The molecule has 1 rings (SSSR count). The van der Waals surface area contributed by atoms with E-state index in [0.717, 1.165) is 12.0 Å². The zero-order chi connectivity index (χ0) is 9.68. The standard InChI is InChI=1S/C10H11NO2/c1-3-10(12)11-8(2)6-9-4-5-13-7-9/h1,4-5,7-8H,6H2,2H3,(H,11,12). The topological polar surface area (TPSA) is 42.2 Å². The van der Waals surface area contributed by atoms with Crippen molar-refractivity contribution in [2.75, 3.05) is 0 Å². The average Bonchev–Trinajstić information content (AvgIpc) is 2.56. The van der Waals surface area contributed by atoms with Crippen molar-refractivity contribution in [3.63, 3.8) is 0 Å². The molecule has 1 aromatic rings. The van der Waals surface area contributed by atoms with Gasteiger partial charge in [0.2, 0.25) is 0 Å². The summed E-state index contributed by atoms with van der Waals surface area (Å²) in [5.74, 6) is 1.62. The number of rotatable bonds is 3. The van der Waals surface area contributed by atoms with Gasteiger partial charge in [0.1, 0.15) is 0 Å². The summed E-state index contributed by atoms with van der Waals surface area (Å²) >= 11 is 0. The second kappa shape index (κ2) is 4.36. The molecule has 1 amide bonds. The number of carbonyl (C=O) groups excluding carboxylic acids is 1. The van der Waals surface area contributed by atoms with Crippen LogP contribution in [0.2, 0.25) is 0 Å². The molecule has 0 saturated carbocycles. The van der Waals surface area contributed by atoms with Crippen molar-refractivity contribution >= 4 is 5.91 Å². The predicted molar refractivity (Wildman–Crippen MR) is 48.8 cm³/mol. The number of amides is 1. The van der Waals surface area contributed by atoms with Crippen molar-refractivity contribution in [1.82, 2.24) is 5.32 Å². The normalized spacial score (nSPS) is 11.7. The summed E-state index contributed by atoms with van der Waals surface area (Å²) in [5, 5.41) is 2.65. The van der Waals surface area contributed by atoms with E-state index in [1.54, 1.807) is 12.5 Å². The van der Waals surface area contributed by atoms with Crippen LogP contribution >= 0.6 is 0 Å². The van der Waals surface area contributed by atoms with Crippen LogP contribution in [0.25, 0.3) is 0 Å². The number of nitrogens with one attached hydrogen (secondary N) is 1. The first-order valence-corrected chi connectivity index (χ1v) is 4.00. The third kappa shape index (κ3) is 3.04. The lowest BCUT2D eigenvalue weighted by Crippen LogP contribution is -2.32. The Morgan fingerprint density at radius 1 is 1.85 bits per heavy atom. The molecule has 0 aliphatic heterocycles. The van der Waals surface area contributed by atoms with Crippen LogP contribution in [-0.2, 0) is 11.2 Å². The second-order valence-corrected chi connectivity index (χ2v) is 2.85. The summed E-state index contributed by atoms with van der Waals surface area (Å²) in [7, 11) is 0. The van der Waals surface area contributed by atoms with E-state index in [2.05, 4.69) is 5.32 Å². The monoisotopic (exact) mass is 177 g/mol. The summed E-state index contributed by atoms with van der Waals surface area (Å²) in [6.07, 6.45) is 8.89. The average molecular weight is 177 g/mol. The van der Waals surface area contributed by atoms with Crippen LogP contribution < -0.4 is 5.32 Å². The largest absolute Gasteiger partial charge is 0.472 e. The molecule has 1 heterocycles. The first kappa shape index (κ1) is 9.40. The second-order valence-electron chi connectivity index (χ2n) is 2.85. The molecule has 3 heteroatoms. The van der Waals surface area contributed by atoms with Gasteiger partial charge in [0.15, 0.2) is 0 Å². The third-order valence-electron chi connectivity index (χ3n) is 1.63. The molecule has 0 saturated heterocycles. The lowest BCUT2D eigenvalue weighted by molar-refractivity contribution is -0.116. The van der Waals surface area contributed by atoms with Gasteiger partial charge in [0.05, 0.1) is 12.5 Å². The van der Waals surface area contributed by atoms with Crippen LogP contribution in [0.15, 0.2) is 23.0 Å². The lowest BCUT2D eigenvalue weighted by Gasteiger charge is -2.09. The van der Waals surface area contributed by atoms with E-state index in [1.165, 1.54) is 0 Å². The van der Waals surface area contributed by atoms with Gasteiger partial charge in [-0.1, -0.05) is 0 Å². The maximum Gasteiger partial charge on any atom is 0.295 e. The van der Waals surface area contributed by atoms with Gasteiger partial charge in [-0.3, -0.25) is 4.79 Å². The molecule has 0 bridgehead atoms. The van der Waals surface area contributed by atoms with E-state index < -0.39 is 0 Å². The van der Waals surface area contributed by atoms with E-state index in [9.17, 15) is 4.79 Å². The molecular formula is C10H11NO2. The van der Waals surface area contributed by atoms with Crippen LogP contribution in [-0.4, -0.2) is 11.9 Å². The fourth-order valence-electron chi connectivity index (χ4n) is 1.08. The van der Waals surface area contributed by atoms with Crippen molar-refractivity contribution in [2.24, 2.45) is 0 Å². The molecule has 0 radical (unpaired) electrons. The highest BCUT2D eigenvalue weighted by molar-refractivity contribution is 5.92. The van der Waals surface area contributed by atoms with Crippen LogP contribution in [0, 0.1) is 12.3 Å². The molecule has 0 aliphatic rings. The minimum Gasteiger partial charge on any atom is -0.472 e. The summed E-state index contributed by atoms with van der Waals surface area (Å²) < 4.78 is 4.89. The number of carbonyl (C=O) groups is 1. The van der Waals surface area contributed by atoms with Gasteiger partial charge >= 0.3 is 0 Å². The maximum absolute atomic E-state index is 10.8. The molecule has 1 unspecified atom stereocenters. The SMILES string of the molecule is C#CC(=O)NC(C)Cc1ccoc1. The molecular weight excluding hydrogens is 166 g/mol. The van der Waals surface area contributed by atoms with Crippen molar-refractivity contribution < 1.29 is 9.21 Å². The molecule has 0 fully saturated rings. The van der Waals surface area contributed by atoms with Gasteiger partial charge in [-0.15, -0.1) is 6.42 Å². The van der Waals surface area contributed by atoms with Crippen LogP contribution in [0.5, 0.6) is 0 Å². The number of hydrogen-bond donors (Lipinski definition) is 1. The van der Waals surface area contributed by atoms with Gasteiger partial charge in [-0.2, -0.15) is 0 Å². The highest BCUT2D eigenvalue weighted by Gasteiger charge is 2.06. The zero-order valence-electron chi connectivity index (χ0n) is 7.41. The van der Waals surface area contributed by atoms with Gasteiger partial charge < -0.3 is 9.73 Å². The molecule has 13 heavy (non-hydrogen) atoms. The Labute approximate surface area is 77.1 Å². The smallest absolute Gasteiger partial charge is 0.295 e. The van der Waals surface area contributed by atoms with Crippen molar-refractivity contribution in [1.29, 1.82) is 0 Å². The minimum atomic E-state index is -0.379. The van der Waals surface area contributed by atoms with Gasteiger partial charge in [-0.25, -0.2) is 0 Å². The van der Waals surface area contributed by atoms with Crippen molar-refractivity contribution in [3.8, 4) is 12.3 Å². The number of hydrogen-bond acceptors (Lipinski definition) is 2. The Bertz CT molecular complexity index is 308. The lowest BCUT2D eigenvalue weighted by atomic mass is 10.1. The Morgan fingerprint density at radius 3 is 3.15 bits per heavy atom. The Balaban J connectivity index is 2.39. The number of furan rings is 1. The van der Waals surface area contributed by atoms with Crippen LogP contribution in [0.1, 0.15) is 12.5 Å². The third-order valence-corrected chi connectivity index (χ3v) is 1.63. The Morgan fingerprint density at radius 2 is 2.62 bits per heavy atom. The Hall–Kier alpha value is -1.69. The minimum absolute atomic E-state index is 0.0288. The Kier molecular flexibility index (Phi) is 3.15. The zero-order valence-corrected chi connectivity index (χ0v) is 7.41. The summed E-state index contributed by atoms with van der Waals surface area (Å²) in [6.45, 7) is 1.89. The fraction of sp³-hybridized carbons (Fsp3) is 0.300. The van der Waals surface area contributed by atoms with Crippen molar-refractivity contribution in [2.45, 2.75) is 19.4 Å². The fourth-order valence-corrected chi connectivity index (χ4v) is 1.08.